The molecule has 0 radical (unpaired) electrons. The smallest absolute Gasteiger partial charge is 0.262 e. The van der Waals surface area contributed by atoms with Crippen LogP contribution in [0.3, 0.4) is 0 Å². The molecule has 1 aromatic heterocycles. The number of hydrogen-bond acceptors (Lipinski definition) is 3. The number of aryl methyl sites for hydroxylation is 1. The monoisotopic (exact) mass is 266 g/mol. The highest BCUT2D eigenvalue weighted by Crippen LogP contribution is 2.17. The average molecular weight is 266 g/mol. The lowest BCUT2D eigenvalue weighted by molar-refractivity contribution is -0.122. The van der Waals surface area contributed by atoms with Gasteiger partial charge >= 0.3 is 0 Å². The molecule has 0 saturated carbocycles. The molecule has 5 heteroatoms. The molecule has 1 aromatic rings. The van der Waals surface area contributed by atoms with E-state index in [1.54, 1.807) is 0 Å². The molecule has 0 bridgehead atoms. The van der Waals surface area contributed by atoms with Crippen LogP contribution < -0.4 is 10.6 Å². The molecule has 1 fully saturated rings. The Hall–Kier alpha value is -1.36. The fourth-order valence-corrected chi connectivity index (χ4v) is 2.85. The fourth-order valence-electron chi connectivity index (χ4n) is 2.00. The summed E-state index contributed by atoms with van der Waals surface area (Å²) < 4.78 is 0. The number of carbonyl (C=O) groups excluding carboxylic acids is 2. The van der Waals surface area contributed by atoms with Gasteiger partial charge in [-0.2, -0.15) is 0 Å². The SMILES string of the molecule is CCc1ccc(C(=O)N[C@@H]2CCCCNC2=O)s1. The van der Waals surface area contributed by atoms with E-state index in [0.717, 1.165) is 25.7 Å². The zero-order chi connectivity index (χ0) is 13.0. The molecule has 0 unspecified atom stereocenters. The van der Waals surface area contributed by atoms with Crippen LogP contribution in [-0.4, -0.2) is 24.4 Å². The summed E-state index contributed by atoms with van der Waals surface area (Å²) in [5.41, 5.74) is 0. The Bertz CT molecular complexity index is 442. The summed E-state index contributed by atoms with van der Waals surface area (Å²) in [4.78, 5) is 25.6. The second-order valence-corrected chi connectivity index (χ2v) is 5.60. The third-order valence-corrected chi connectivity index (χ3v) is 4.30. The van der Waals surface area contributed by atoms with Crippen molar-refractivity contribution < 1.29 is 9.59 Å². The van der Waals surface area contributed by atoms with Gasteiger partial charge in [-0.3, -0.25) is 9.59 Å². The van der Waals surface area contributed by atoms with Crippen molar-refractivity contribution in [3.63, 3.8) is 0 Å². The molecular formula is C13H18N2O2S. The number of rotatable bonds is 3. The van der Waals surface area contributed by atoms with Gasteiger partial charge in [0.1, 0.15) is 6.04 Å². The van der Waals surface area contributed by atoms with Crippen molar-refractivity contribution in [1.29, 1.82) is 0 Å². The third-order valence-electron chi connectivity index (χ3n) is 3.07. The van der Waals surface area contributed by atoms with Crippen molar-refractivity contribution in [3.8, 4) is 0 Å². The zero-order valence-electron chi connectivity index (χ0n) is 10.5. The molecule has 2 N–H and O–H groups in total. The molecular weight excluding hydrogens is 248 g/mol. The van der Waals surface area contributed by atoms with E-state index in [1.165, 1.54) is 16.2 Å². The van der Waals surface area contributed by atoms with Crippen LogP contribution in [0.4, 0.5) is 0 Å². The Morgan fingerprint density at radius 2 is 2.33 bits per heavy atom. The molecule has 2 heterocycles. The summed E-state index contributed by atoms with van der Waals surface area (Å²) in [6.45, 7) is 2.77. The number of carbonyl (C=O) groups is 2. The van der Waals surface area contributed by atoms with Crippen molar-refractivity contribution in [3.05, 3.63) is 21.9 Å². The molecule has 0 spiro atoms. The molecule has 2 rings (SSSR count). The second-order valence-electron chi connectivity index (χ2n) is 4.43. The normalized spacial score (nSPS) is 20.1. The molecule has 1 aliphatic heterocycles. The summed E-state index contributed by atoms with van der Waals surface area (Å²) >= 11 is 1.49. The highest BCUT2D eigenvalue weighted by Gasteiger charge is 2.23. The topological polar surface area (TPSA) is 58.2 Å². The first-order valence-electron chi connectivity index (χ1n) is 6.38. The first-order chi connectivity index (χ1) is 8.70. The minimum Gasteiger partial charge on any atom is -0.354 e. The maximum absolute atomic E-state index is 12.0. The van der Waals surface area contributed by atoms with E-state index in [0.29, 0.717) is 11.4 Å². The van der Waals surface area contributed by atoms with Crippen molar-refractivity contribution >= 4 is 23.2 Å². The first kappa shape index (κ1) is 13.1. The van der Waals surface area contributed by atoms with Crippen molar-refractivity contribution in [2.45, 2.75) is 38.6 Å². The van der Waals surface area contributed by atoms with E-state index in [9.17, 15) is 9.59 Å². The molecule has 1 saturated heterocycles. The predicted octanol–water partition coefficient (Wildman–Crippen LogP) is 1.71. The number of hydrogen-bond donors (Lipinski definition) is 2. The van der Waals surface area contributed by atoms with Crippen LogP contribution in [0.1, 0.15) is 40.7 Å². The van der Waals surface area contributed by atoms with E-state index in [2.05, 4.69) is 17.6 Å². The highest BCUT2D eigenvalue weighted by molar-refractivity contribution is 7.14. The summed E-state index contributed by atoms with van der Waals surface area (Å²) in [5, 5.41) is 5.64. The van der Waals surface area contributed by atoms with Gasteiger partial charge in [0.15, 0.2) is 0 Å². The summed E-state index contributed by atoms with van der Waals surface area (Å²) in [7, 11) is 0. The molecule has 1 aliphatic rings. The fraction of sp³-hybridized carbons (Fsp3) is 0.538. The van der Waals surface area contributed by atoms with Gasteiger partial charge < -0.3 is 10.6 Å². The Balaban J connectivity index is 1.99. The maximum Gasteiger partial charge on any atom is 0.262 e. The van der Waals surface area contributed by atoms with E-state index in [4.69, 9.17) is 0 Å². The Morgan fingerprint density at radius 3 is 3.06 bits per heavy atom. The zero-order valence-corrected chi connectivity index (χ0v) is 11.3. The van der Waals surface area contributed by atoms with Gasteiger partial charge in [-0.25, -0.2) is 0 Å². The summed E-state index contributed by atoms with van der Waals surface area (Å²) in [6, 6.07) is 3.41. The second kappa shape index (κ2) is 6.00. The molecule has 18 heavy (non-hydrogen) atoms. The van der Waals surface area contributed by atoms with E-state index < -0.39 is 0 Å². The molecule has 0 aromatic carbocycles. The Morgan fingerprint density at radius 1 is 1.50 bits per heavy atom. The van der Waals surface area contributed by atoms with Gasteiger partial charge in [0, 0.05) is 11.4 Å². The van der Waals surface area contributed by atoms with Crippen LogP contribution in [0.2, 0.25) is 0 Å². The van der Waals surface area contributed by atoms with E-state index >= 15 is 0 Å². The lowest BCUT2D eigenvalue weighted by Gasteiger charge is -2.14. The van der Waals surface area contributed by atoms with Crippen molar-refractivity contribution in [2.24, 2.45) is 0 Å². The van der Waals surface area contributed by atoms with Gasteiger partial charge in [0.2, 0.25) is 5.91 Å². The molecule has 98 valence electrons. The lowest BCUT2D eigenvalue weighted by atomic mass is 10.1. The maximum atomic E-state index is 12.0. The number of thiophene rings is 1. The minimum absolute atomic E-state index is 0.0619. The van der Waals surface area contributed by atoms with Gasteiger partial charge in [-0.05, 0) is 37.8 Å². The van der Waals surface area contributed by atoms with Gasteiger partial charge in [-0.15, -0.1) is 11.3 Å². The van der Waals surface area contributed by atoms with Crippen molar-refractivity contribution in [2.75, 3.05) is 6.54 Å². The lowest BCUT2D eigenvalue weighted by Crippen LogP contribution is -2.45. The summed E-state index contributed by atoms with van der Waals surface area (Å²) in [5.74, 6) is -0.199. The van der Waals surface area contributed by atoms with Crippen LogP contribution in [0.25, 0.3) is 0 Å². The summed E-state index contributed by atoms with van der Waals surface area (Å²) in [6.07, 6.45) is 3.61. The molecule has 0 aliphatic carbocycles. The van der Waals surface area contributed by atoms with Crippen molar-refractivity contribution in [1.82, 2.24) is 10.6 Å². The predicted molar refractivity (Wildman–Crippen MR) is 71.8 cm³/mol. The van der Waals surface area contributed by atoms with Crippen LogP contribution in [0.15, 0.2) is 12.1 Å². The molecule has 4 nitrogen and oxygen atoms in total. The Labute approximate surface area is 111 Å². The van der Waals surface area contributed by atoms with Gasteiger partial charge in [0.05, 0.1) is 4.88 Å². The minimum atomic E-state index is -0.382. The number of amides is 2. The molecule has 1 atom stereocenters. The quantitative estimate of drug-likeness (QED) is 0.875. The van der Waals surface area contributed by atoms with Gasteiger partial charge in [-0.1, -0.05) is 6.92 Å². The van der Waals surface area contributed by atoms with Crippen LogP contribution in [0.5, 0.6) is 0 Å². The van der Waals surface area contributed by atoms with Crippen LogP contribution in [0, 0.1) is 0 Å². The van der Waals surface area contributed by atoms with Gasteiger partial charge in [0.25, 0.3) is 5.91 Å². The average Bonchev–Trinajstić information content (AvgIpc) is 2.77. The highest BCUT2D eigenvalue weighted by atomic mass is 32.1. The molecule has 2 amide bonds. The third kappa shape index (κ3) is 3.10. The number of nitrogens with one attached hydrogen (secondary N) is 2. The standard InChI is InChI=1S/C13H18N2O2S/c1-2-9-6-7-11(18-9)13(17)15-10-5-3-4-8-14-12(10)16/h6-7,10H,2-5,8H2,1H3,(H,14,16)(H,15,17)/t10-/m1/s1. The van der Waals surface area contributed by atoms with E-state index in [1.807, 2.05) is 12.1 Å². The van der Waals surface area contributed by atoms with E-state index in [-0.39, 0.29) is 17.9 Å². The van der Waals surface area contributed by atoms with Crippen LogP contribution >= 0.6 is 11.3 Å². The first-order valence-corrected chi connectivity index (χ1v) is 7.19. The van der Waals surface area contributed by atoms with Crippen LogP contribution in [-0.2, 0) is 11.2 Å². The largest absolute Gasteiger partial charge is 0.354 e. The Kier molecular flexibility index (Phi) is 4.36.